The molecule has 2 saturated heterocycles. The zero-order chi connectivity index (χ0) is 20.5. The van der Waals surface area contributed by atoms with Gasteiger partial charge in [-0.25, -0.2) is 0 Å². The number of morpholine rings is 1. The number of guanidine groups is 1. The average molecular weight is 423 g/mol. The summed E-state index contributed by atoms with van der Waals surface area (Å²) in [5.41, 5.74) is 1.26. The molecule has 1 aromatic rings. The second-order valence-corrected chi connectivity index (χ2v) is 7.99. The SMILES string of the molecule is CCNC(=NCC(c1ccc(Cl)cc1)N1CCOCC1)N1CCC(OCC)CC1. The minimum absolute atomic E-state index is 0.228. The molecule has 2 aliphatic rings. The largest absolute Gasteiger partial charge is 0.379 e. The van der Waals surface area contributed by atoms with Gasteiger partial charge in [0, 0.05) is 44.4 Å². The fourth-order valence-corrected chi connectivity index (χ4v) is 4.20. The van der Waals surface area contributed by atoms with Crippen LogP contribution in [0.4, 0.5) is 0 Å². The second kappa shape index (κ2) is 11.7. The Morgan fingerprint density at radius 3 is 2.48 bits per heavy atom. The number of nitrogens with one attached hydrogen (secondary N) is 1. The lowest BCUT2D eigenvalue weighted by Gasteiger charge is -2.36. The van der Waals surface area contributed by atoms with E-state index in [1.54, 1.807) is 0 Å². The second-order valence-electron chi connectivity index (χ2n) is 7.55. The Balaban J connectivity index is 1.71. The van der Waals surface area contributed by atoms with Crippen molar-refractivity contribution >= 4 is 17.6 Å². The maximum absolute atomic E-state index is 6.12. The number of hydrogen-bond donors (Lipinski definition) is 1. The van der Waals surface area contributed by atoms with E-state index in [-0.39, 0.29) is 6.04 Å². The van der Waals surface area contributed by atoms with E-state index < -0.39 is 0 Å². The van der Waals surface area contributed by atoms with Gasteiger partial charge in [-0.15, -0.1) is 0 Å². The number of aliphatic imine (C=N–C) groups is 1. The number of piperidine rings is 1. The lowest BCUT2D eigenvalue weighted by Crippen LogP contribution is -2.47. The highest BCUT2D eigenvalue weighted by Gasteiger charge is 2.25. The van der Waals surface area contributed by atoms with Gasteiger partial charge in [0.25, 0.3) is 0 Å². The molecule has 0 aliphatic carbocycles. The minimum atomic E-state index is 0.228. The van der Waals surface area contributed by atoms with Crippen LogP contribution in [0.25, 0.3) is 0 Å². The highest BCUT2D eigenvalue weighted by atomic mass is 35.5. The highest BCUT2D eigenvalue weighted by molar-refractivity contribution is 6.30. The van der Waals surface area contributed by atoms with Gasteiger partial charge < -0.3 is 19.7 Å². The lowest BCUT2D eigenvalue weighted by molar-refractivity contribution is 0.0177. The highest BCUT2D eigenvalue weighted by Crippen LogP contribution is 2.24. The molecule has 29 heavy (non-hydrogen) atoms. The predicted molar refractivity (Wildman–Crippen MR) is 119 cm³/mol. The van der Waals surface area contributed by atoms with Crippen molar-refractivity contribution in [3.8, 4) is 0 Å². The molecule has 3 rings (SSSR count). The first-order valence-corrected chi connectivity index (χ1v) is 11.3. The molecule has 0 bridgehead atoms. The molecule has 0 aromatic heterocycles. The molecule has 0 saturated carbocycles. The molecular formula is C22H35ClN4O2. The standard InChI is InChI=1S/C22H35ClN4O2/c1-3-24-22(27-11-9-20(10-12-27)29-4-2)25-17-21(26-13-15-28-16-14-26)18-5-7-19(23)8-6-18/h5-8,20-21H,3-4,9-17H2,1-2H3,(H,24,25). The van der Waals surface area contributed by atoms with Gasteiger partial charge in [-0.05, 0) is 44.4 Å². The first-order chi connectivity index (χ1) is 14.2. The Kier molecular flexibility index (Phi) is 9.05. The summed E-state index contributed by atoms with van der Waals surface area (Å²) in [4.78, 5) is 9.90. The van der Waals surface area contributed by atoms with Gasteiger partial charge in [-0.1, -0.05) is 23.7 Å². The summed E-state index contributed by atoms with van der Waals surface area (Å²) in [5.74, 6) is 1.01. The molecular weight excluding hydrogens is 388 g/mol. The van der Waals surface area contributed by atoms with Crippen molar-refractivity contribution < 1.29 is 9.47 Å². The monoisotopic (exact) mass is 422 g/mol. The first kappa shape index (κ1) is 22.3. The van der Waals surface area contributed by atoms with Crippen molar-refractivity contribution in [1.82, 2.24) is 15.1 Å². The summed E-state index contributed by atoms with van der Waals surface area (Å²) < 4.78 is 11.4. The number of benzene rings is 1. The Morgan fingerprint density at radius 2 is 1.86 bits per heavy atom. The van der Waals surface area contributed by atoms with E-state index in [1.807, 2.05) is 12.1 Å². The molecule has 0 radical (unpaired) electrons. The zero-order valence-corrected chi connectivity index (χ0v) is 18.5. The first-order valence-electron chi connectivity index (χ1n) is 10.9. The fourth-order valence-electron chi connectivity index (χ4n) is 4.07. The van der Waals surface area contributed by atoms with E-state index in [1.165, 1.54) is 5.56 Å². The maximum Gasteiger partial charge on any atom is 0.193 e. The van der Waals surface area contributed by atoms with E-state index in [2.05, 4.69) is 41.1 Å². The van der Waals surface area contributed by atoms with E-state index in [0.29, 0.717) is 6.10 Å². The number of halogens is 1. The van der Waals surface area contributed by atoms with Crippen molar-refractivity contribution in [3.63, 3.8) is 0 Å². The molecule has 7 heteroatoms. The van der Waals surface area contributed by atoms with E-state index in [4.69, 9.17) is 26.1 Å². The third-order valence-corrected chi connectivity index (χ3v) is 5.89. The number of nitrogens with zero attached hydrogens (tertiary/aromatic N) is 3. The summed E-state index contributed by atoms with van der Waals surface area (Å²) in [7, 11) is 0. The van der Waals surface area contributed by atoms with Crippen molar-refractivity contribution in [2.24, 2.45) is 4.99 Å². The molecule has 2 aliphatic heterocycles. The fraction of sp³-hybridized carbons (Fsp3) is 0.682. The van der Waals surface area contributed by atoms with Crippen LogP contribution < -0.4 is 5.32 Å². The summed E-state index contributed by atoms with van der Waals surface area (Å²) in [6, 6.07) is 8.41. The molecule has 0 amide bonds. The predicted octanol–water partition coefficient (Wildman–Crippen LogP) is 3.18. The number of ether oxygens (including phenoxy) is 2. The number of hydrogen-bond acceptors (Lipinski definition) is 4. The molecule has 1 N–H and O–H groups in total. The Labute approximate surface area is 180 Å². The van der Waals surface area contributed by atoms with Crippen molar-refractivity contribution in [2.45, 2.75) is 38.8 Å². The molecule has 1 unspecified atom stereocenters. The van der Waals surface area contributed by atoms with Gasteiger partial charge in [0.15, 0.2) is 5.96 Å². The van der Waals surface area contributed by atoms with Crippen LogP contribution in [-0.4, -0.2) is 81.0 Å². The molecule has 2 heterocycles. The van der Waals surface area contributed by atoms with Crippen LogP contribution in [0.2, 0.25) is 5.02 Å². The van der Waals surface area contributed by atoms with Crippen LogP contribution in [0.5, 0.6) is 0 Å². The van der Waals surface area contributed by atoms with E-state index >= 15 is 0 Å². The van der Waals surface area contributed by atoms with Crippen LogP contribution in [0.1, 0.15) is 38.3 Å². The van der Waals surface area contributed by atoms with Gasteiger partial charge in [0.1, 0.15) is 0 Å². The Bertz CT molecular complexity index is 626. The summed E-state index contributed by atoms with van der Waals surface area (Å²) in [5, 5.41) is 4.26. The minimum Gasteiger partial charge on any atom is -0.379 e. The van der Waals surface area contributed by atoms with Crippen LogP contribution in [0.15, 0.2) is 29.3 Å². The zero-order valence-electron chi connectivity index (χ0n) is 17.8. The topological polar surface area (TPSA) is 49.3 Å². The van der Waals surface area contributed by atoms with E-state index in [0.717, 1.165) is 82.9 Å². The van der Waals surface area contributed by atoms with Crippen LogP contribution in [-0.2, 0) is 9.47 Å². The van der Waals surface area contributed by atoms with Gasteiger partial charge in [0.2, 0.25) is 0 Å². The van der Waals surface area contributed by atoms with Gasteiger partial charge >= 0.3 is 0 Å². The summed E-state index contributed by atoms with van der Waals surface area (Å²) in [6.45, 7) is 12.0. The quantitative estimate of drug-likeness (QED) is 0.540. The number of likely N-dealkylation sites (tertiary alicyclic amines) is 1. The van der Waals surface area contributed by atoms with Crippen LogP contribution >= 0.6 is 11.6 Å². The van der Waals surface area contributed by atoms with Crippen LogP contribution in [0.3, 0.4) is 0 Å². The third kappa shape index (κ3) is 6.57. The van der Waals surface area contributed by atoms with Crippen molar-refractivity contribution in [2.75, 3.05) is 59.1 Å². The molecule has 1 atom stereocenters. The molecule has 162 valence electrons. The molecule has 0 spiro atoms. The Hall–Kier alpha value is -1.34. The van der Waals surface area contributed by atoms with Crippen LogP contribution in [0, 0.1) is 0 Å². The van der Waals surface area contributed by atoms with Gasteiger partial charge in [-0.2, -0.15) is 0 Å². The van der Waals surface area contributed by atoms with Gasteiger partial charge in [0.05, 0.1) is 31.9 Å². The smallest absolute Gasteiger partial charge is 0.193 e. The molecule has 6 nitrogen and oxygen atoms in total. The average Bonchev–Trinajstić information content (AvgIpc) is 2.76. The maximum atomic E-state index is 6.12. The summed E-state index contributed by atoms with van der Waals surface area (Å²) >= 11 is 6.12. The molecule has 2 fully saturated rings. The van der Waals surface area contributed by atoms with Crippen molar-refractivity contribution in [3.05, 3.63) is 34.9 Å². The third-order valence-electron chi connectivity index (χ3n) is 5.63. The molecule has 1 aromatic carbocycles. The van der Waals surface area contributed by atoms with E-state index in [9.17, 15) is 0 Å². The number of rotatable bonds is 7. The van der Waals surface area contributed by atoms with Crippen molar-refractivity contribution in [1.29, 1.82) is 0 Å². The normalized spacial score (nSPS) is 20.7. The lowest BCUT2D eigenvalue weighted by atomic mass is 10.0. The Morgan fingerprint density at radius 1 is 1.17 bits per heavy atom. The summed E-state index contributed by atoms with van der Waals surface area (Å²) in [6.07, 6.45) is 2.50. The van der Waals surface area contributed by atoms with Gasteiger partial charge in [-0.3, -0.25) is 9.89 Å².